The van der Waals surface area contributed by atoms with E-state index in [9.17, 15) is 9.59 Å². The molecule has 2 amide bonds. The molecule has 0 saturated carbocycles. The second kappa shape index (κ2) is 11.6. The van der Waals surface area contributed by atoms with Crippen molar-refractivity contribution in [3.63, 3.8) is 0 Å². The number of pyridine rings is 1. The van der Waals surface area contributed by atoms with E-state index in [-0.39, 0.29) is 18.4 Å². The topological polar surface area (TPSA) is 66.0 Å². The number of aromatic nitrogens is 1. The zero-order valence-electron chi connectivity index (χ0n) is 18.5. The molecule has 0 spiro atoms. The van der Waals surface area contributed by atoms with E-state index < -0.39 is 0 Å². The third-order valence-corrected chi connectivity index (χ3v) is 5.51. The molecule has 0 saturated heterocycles. The highest BCUT2D eigenvalue weighted by Gasteiger charge is 2.21. The minimum atomic E-state index is -0.0417. The summed E-state index contributed by atoms with van der Waals surface area (Å²) in [5.74, 6) is -0.0319. The molecule has 0 aliphatic carbocycles. The number of rotatable bonds is 4. The summed E-state index contributed by atoms with van der Waals surface area (Å²) < 4.78 is 5.10. The molecule has 2 aromatic rings. The first kappa shape index (κ1) is 22.9. The molecule has 3 rings (SSSR count). The molecule has 1 aliphatic heterocycles. The van der Waals surface area contributed by atoms with Gasteiger partial charge in [0, 0.05) is 65.2 Å². The Kier molecular flexibility index (Phi) is 8.55. The fraction of sp³-hybridized carbons (Fsp3) is 0.458. The van der Waals surface area contributed by atoms with Crippen LogP contribution in [0.15, 0.2) is 48.7 Å². The largest absolute Gasteiger partial charge is 0.375 e. The molecule has 1 aromatic heterocycles. The first-order chi connectivity index (χ1) is 15.1. The number of methoxy groups -OCH3 is 1. The smallest absolute Gasteiger partial charge is 0.248 e. The normalized spacial score (nSPS) is 16.2. The van der Waals surface area contributed by atoms with Gasteiger partial charge in [-0.3, -0.25) is 19.5 Å². The number of ether oxygens (including phenoxy) is 1. The molecule has 7 heteroatoms. The van der Waals surface area contributed by atoms with Gasteiger partial charge in [0.15, 0.2) is 0 Å². The van der Waals surface area contributed by atoms with Crippen molar-refractivity contribution >= 4 is 17.5 Å². The van der Waals surface area contributed by atoms with Crippen molar-refractivity contribution in [1.29, 1.82) is 0 Å². The maximum absolute atomic E-state index is 12.7. The fourth-order valence-corrected chi connectivity index (χ4v) is 4.00. The highest BCUT2D eigenvalue weighted by Crippen LogP contribution is 2.23. The summed E-state index contributed by atoms with van der Waals surface area (Å²) in [6.45, 7) is 5.85. The lowest BCUT2D eigenvalue weighted by Crippen LogP contribution is -2.39. The first-order valence-electron chi connectivity index (χ1n) is 10.8. The molecule has 0 radical (unpaired) electrons. The average Bonchev–Trinajstić information content (AvgIpc) is 2.76. The summed E-state index contributed by atoms with van der Waals surface area (Å²) >= 11 is 0. The van der Waals surface area contributed by atoms with Gasteiger partial charge in [-0.1, -0.05) is 24.3 Å². The zero-order chi connectivity index (χ0) is 22.1. The molecule has 0 N–H and O–H groups in total. The van der Waals surface area contributed by atoms with Crippen molar-refractivity contribution < 1.29 is 14.3 Å². The van der Waals surface area contributed by atoms with Crippen LogP contribution in [0.5, 0.6) is 0 Å². The Morgan fingerprint density at radius 1 is 1.00 bits per heavy atom. The van der Waals surface area contributed by atoms with Crippen molar-refractivity contribution in [3.05, 3.63) is 59.9 Å². The predicted molar refractivity (Wildman–Crippen MR) is 121 cm³/mol. The monoisotopic (exact) mass is 424 g/mol. The summed E-state index contributed by atoms with van der Waals surface area (Å²) in [5, 5.41) is 0. The van der Waals surface area contributed by atoms with Crippen LogP contribution in [0.2, 0.25) is 0 Å². The maximum atomic E-state index is 12.7. The Balaban J connectivity index is 1.85. The predicted octanol–water partition coefficient (Wildman–Crippen LogP) is 2.71. The number of para-hydroxylation sites is 1. The fourth-order valence-electron chi connectivity index (χ4n) is 4.00. The first-order valence-corrected chi connectivity index (χ1v) is 10.8. The number of nitrogens with zero attached hydrogens (tertiary/aromatic N) is 4. The highest BCUT2D eigenvalue weighted by atomic mass is 16.5. The third-order valence-electron chi connectivity index (χ3n) is 5.51. The standard InChI is InChI=1S/C24H32N4O3/c1-20(29)28-16-8-14-26(18-22-10-5-6-12-25-22)13-7-15-27(24(30)19-31-2)17-21-9-3-4-11-23(21)28/h3-6,9-12H,7-8,13-19H2,1-2H3. The molecule has 7 nitrogen and oxygen atoms in total. The van der Waals surface area contributed by atoms with Gasteiger partial charge in [0.1, 0.15) is 6.61 Å². The van der Waals surface area contributed by atoms with E-state index in [1.54, 1.807) is 6.92 Å². The van der Waals surface area contributed by atoms with Gasteiger partial charge in [0.2, 0.25) is 11.8 Å². The molecule has 1 aromatic carbocycles. The van der Waals surface area contributed by atoms with Gasteiger partial charge in [-0.15, -0.1) is 0 Å². The van der Waals surface area contributed by atoms with E-state index in [1.807, 2.05) is 58.5 Å². The molecule has 166 valence electrons. The molecular weight excluding hydrogens is 392 g/mol. The maximum Gasteiger partial charge on any atom is 0.248 e. The van der Waals surface area contributed by atoms with Crippen LogP contribution < -0.4 is 4.90 Å². The molecule has 2 heterocycles. The molecule has 0 fully saturated rings. The summed E-state index contributed by atoms with van der Waals surface area (Å²) in [4.78, 5) is 35.7. The van der Waals surface area contributed by atoms with Crippen LogP contribution in [0.3, 0.4) is 0 Å². The molecular formula is C24H32N4O3. The summed E-state index contributed by atoms with van der Waals surface area (Å²) in [6.07, 6.45) is 3.54. The Hall–Kier alpha value is -2.77. The molecule has 31 heavy (non-hydrogen) atoms. The summed E-state index contributed by atoms with van der Waals surface area (Å²) in [5.41, 5.74) is 2.88. The van der Waals surface area contributed by atoms with Gasteiger partial charge >= 0.3 is 0 Å². The van der Waals surface area contributed by atoms with Crippen LogP contribution in [-0.4, -0.2) is 66.5 Å². The van der Waals surface area contributed by atoms with Crippen molar-refractivity contribution in [2.45, 2.75) is 32.9 Å². The van der Waals surface area contributed by atoms with Crippen LogP contribution in [0.1, 0.15) is 31.0 Å². The van der Waals surface area contributed by atoms with Crippen molar-refractivity contribution in [2.24, 2.45) is 0 Å². The minimum absolute atomic E-state index is 0.00977. The van der Waals surface area contributed by atoms with E-state index in [2.05, 4.69) is 9.88 Å². The Morgan fingerprint density at radius 3 is 2.45 bits per heavy atom. The van der Waals surface area contributed by atoms with E-state index in [1.165, 1.54) is 7.11 Å². The second-order valence-corrected chi connectivity index (χ2v) is 7.85. The number of carbonyl (C=O) groups is 2. The van der Waals surface area contributed by atoms with Crippen LogP contribution in [0.25, 0.3) is 0 Å². The van der Waals surface area contributed by atoms with Gasteiger partial charge in [-0.25, -0.2) is 0 Å². The number of hydrogen-bond donors (Lipinski definition) is 0. The molecule has 1 aliphatic rings. The van der Waals surface area contributed by atoms with E-state index >= 15 is 0 Å². The van der Waals surface area contributed by atoms with Gasteiger partial charge in [0.25, 0.3) is 0 Å². The third kappa shape index (κ3) is 6.60. The minimum Gasteiger partial charge on any atom is -0.375 e. The van der Waals surface area contributed by atoms with Crippen LogP contribution in [0.4, 0.5) is 5.69 Å². The average molecular weight is 425 g/mol. The van der Waals surface area contributed by atoms with Gasteiger partial charge in [-0.2, -0.15) is 0 Å². The number of anilines is 1. The number of hydrogen-bond acceptors (Lipinski definition) is 5. The van der Waals surface area contributed by atoms with Crippen LogP contribution in [-0.2, 0) is 27.4 Å². The summed E-state index contributed by atoms with van der Waals surface area (Å²) in [6, 6.07) is 13.8. The SMILES string of the molecule is COCC(=O)N1CCCN(Cc2ccccn2)CCCN(C(C)=O)c2ccccc2C1. The highest BCUT2D eigenvalue weighted by molar-refractivity contribution is 5.92. The van der Waals surface area contributed by atoms with Gasteiger partial charge in [0.05, 0.1) is 5.69 Å². The molecule has 0 unspecified atom stereocenters. The lowest BCUT2D eigenvalue weighted by atomic mass is 10.1. The van der Waals surface area contributed by atoms with Crippen LogP contribution >= 0.6 is 0 Å². The number of carbonyl (C=O) groups excluding carboxylic acids is 2. The van der Waals surface area contributed by atoms with E-state index in [0.717, 1.165) is 49.4 Å². The lowest BCUT2D eigenvalue weighted by molar-refractivity contribution is -0.135. The Morgan fingerprint density at radius 2 is 1.74 bits per heavy atom. The van der Waals surface area contributed by atoms with Gasteiger partial charge in [-0.05, 0) is 36.6 Å². The number of fused-ring (bicyclic) bond motifs is 1. The number of amides is 2. The Bertz CT molecular complexity index is 859. The van der Waals surface area contributed by atoms with Crippen molar-refractivity contribution in [3.8, 4) is 0 Å². The Labute approximate surface area is 184 Å². The van der Waals surface area contributed by atoms with Crippen molar-refractivity contribution in [2.75, 3.05) is 44.8 Å². The molecule has 0 atom stereocenters. The van der Waals surface area contributed by atoms with E-state index in [0.29, 0.717) is 19.6 Å². The quantitative estimate of drug-likeness (QED) is 0.755. The summed E-state index contributed by atoms with van der Waals surface area (Å²) in [7, 11) is 1.54. The number of benzene rings is 1. The zero-order valence-corrected chi connectivity index (χ0v) is 18.5. The van der Waals surface area contributed by atoms with Gasteiger partial charge < -0.3 is 14.5 Å². The molecule has 0 bridgehead atoms. The second-order valence-electron chi connectivity index (χ2n) is 7.85. The van der Waals surface area contributed by atoms with Crippen LogP contribution in [0, 0.1) is 0 Å². The van der Waals surface area contributed by atoms with Crippen molar-refractivity contribution in [1.82, 2.24) is 14.8 Å². The lowest BCUT2D eigenvalue weighted by Gasteiger charge is -2.31. The van der Waals surface area contributed by atoms with E-state index in [4.69, 9.17) is 4.74 Å².